The molecule has 162 valence electrons. The maximum Gasteiger partial charge on any atom is 0.323 e. The Labute approximate surface area is 185 Å². The number of nitrogens with zero attached hydrogens (tertiary/aromatic N) is 2. The Kier molecular flexibility index (Phi) is 6.41. The van der Waals surface area contributed by atoms with Crippen molar-refractivity contribution in [3.63, 3.8) is 0 Å². The summed E-state index contributed by atoms with van der Waals surface area (Å²) in [5.41, 5.74) is 2.75. The predicted molar refractivity (Wildman–Crippen MR) is 121 cm³/mol. The van der Waals surface area contributed by atoms with Gasteiger partial charge in [0.05, 0.1) is 23.6 Å². The van der Waals surface area contributed by atoms with Crippen molar-refractivity contribution < 1.29 is 14.4 Å². The first kappa shape index (κ1) is 21.0. The van der Waals surface area contributed by atoms with Crippen LogP contribution in [0, 0.1) is 0 Å². The Morgan fingerprint density at radius 3 is 2.53 bits per heavy atom. The van der Waals surface area contributed by atoms with Gasteiger partial charge in [0.25, 0.3) is 0 Å². The van der Waals surface area contributed by atoms with Gasteiger partial charge in [-0.15, -0.1) is 0 Å². The van der Waals surface area contributed by atoms with Crippen LogP contribution in [0.2, 0.25) is 0 Å². The molecule has 32 heavy (non-hydrogen) atoms. The summed E-state index contributed by atoms with van der Waals surface area (Å²) in [4.78, 5) is 43.8. The van der Waals surface area contributed by atoms with Crippen LogP contribution in [0.25, 0.3) is 0 Å². The summed E-state index contributed by atoms with van der Waals surface area (Å²) < 4.78 is 0. The third kappa shape index (κ3) is 5.10. The number of para-hydroxylation sites is 2. The predicted octanol–water partition coefficient (Wildman–Crippen LogP) is 2.48. The first-order valence-electron chi connectivity index (χ1n) is 10.3. The summed E-state index contributed by atoms with van der Waals surface area (Å²) in [6, 6.07) is 20.6. The van der Waals surface area contributed by atoms with Crippen LogP contribution in [0.5, 0.6) is 0 Å². The lowest BCUT2D eigenvalue weighted by atomic mass is 10.1. The van der Waals surface area contributed by atoms with Gasteiger partial charge in [-0.2, -0.15) is 0 Å². The van der Waals surface area contributed by atoms with Crippen molar-refractivity contribution in [2.75, 3.05) is 16.8 Å². The molecule has 2 aromatic carbocycles. The Hall–Kier alpha value is -4.20. The van der Waals surface area contributed by atoms with Crippen LogP contribution >= 0.6 is 0 Å². The van der Waals surface area contributed by atoms with Crippen LogP contribution < -0.4 is 20.9 Å². The van der Waals surface area contributed by atoms with E-state index in [-0.39, 0.29) is 24.9 Å². The van der Waals surface area contributed by atoms with Crippen LogP contribution in [-0.2, 0) is 22.6 Å². The molecule has 2 heterocycles. The molecule has 8 heteroatoms. The first-order chi connectivity index (χ1) is 15.6. The van der Waals surface area contributed by atoms with E-state index in [1.807, 2.05) is 42.5 Å². The first-order valence-corrected chi connectivity index (χ1v) is 10.3. The van der Waals surface area contributed by atoms with Crippen molar-refractivity contribution in [3.05, 3.63) is 90.3 Å². The number of amides is 4. The molecule has 0 fully saturated rings. The van der Waals surface area contributed by atoms with Gasteiger partial charge in [0.1, 0.15) is 12.6 Å². The molecule has 1 aliphatic rings. The van der Waals surface area contributed by atoms with Crippen molar-refractivity contribution >= 4 is 29.2 Å². The Bertz CT molecular complexity index is 1100. The highest BCUT2D eigenvalue weighted by Crippen LogP contribution is 2.28. The van der Waals surface area contributed by atoms with Crippen LogP contribution in [0.3, 0.4) is 0 Å². The minimum atomic E-state index is -0.828. The maximum absolute atomic E-state index is 13.1. The second-order valence-corrected chi connectivity index (χ2v) is 7.38. The van der Waals surface area contributed by atoms with E-state index < -0.39 is 12.1 Å². The SMILES string of the molecule is O=C1CN(C(=O)NC(Cc2ccccc2)C(=O)NCc2ccccn2)c2ccccc2N1. The Morgan fingerprint density at radius 2 is 1.75 bits per heavy atom. The Balaban J connectivity index is 1.51. The van der Waals surface area contributed by atoms with Crippen LogP contribution in [0.1, 0.15) is 11.3 Å². The zero-order valence-corrected chi connectivity index (χ0v) is 17.3. The van der Waals surface area contributed by atoms with Gasteiger partial charge in [-0.05, 0) is 29.8 Å². The van der Waals surface area contributed by atoms with Crippen LogP contribution in [0.15, 0.2) is 79.0 Å². The second-order valence-electron chi connectivity index (χ2n) is 7.38. The molecule has 3 aromatic rings. The number of carbonyl (C=O) groups excluding carboxylic acids is 3. The zero-order valence-electron chi connectivity index (χ0n) is 17.3. The average Bonchev–Trinajstić information content (AvgIpc) is 2.82. The highest BCUT2D eigenvalue weighted by atomic mass is 16.2. The summed E-state index contributed by atoms with van der Waals surface area (Å²) in [6.45, 7) is 0.117. The minimum Gasteiger partial charge on any atom is -0.349 e. The van der Waals surface area contributed by atoms with Crippen molar-refractivity contribution in [2.24, 2.45) is 0 Å². The molecule has 0 radical (unpaired) electrons. The lowest BCUT2D eigenvalue weighted by molar-refractivity contribution is -0.123. The average molecular weight is 429 g/mol. The summed E-state index contributed by atoms with van der Waals surface area (Å²) in [5.74, 6) is -0.624. The summed E-state index contributed by atoms with van der Waals surface area (Å²) in [6.07, 6.45) is 1.96. The fraction of sp³-hybridized carbons (Fsp3) is 0.167. The van der Waals surface area contributed by atoms with E-state index >= 15 is 0 Å². The zero-order chi connectivity index (χ0) is 22.3. The summed E-state index contributed by atoms with van der Waals surface area (Å²) in [7, 11) is 0. The third-order valence-electron chi connectivity index (χ3n) is 5.08. The van der Waals surface area contributed by atoms with Crippen molar-refractivity contribution in [2.45, 2.75) is 19.0 Å². The quantitative estimate of drug-likeness (QED) is 0.560. The third-order valence-corrected chi connectivity index (χ3v) is 5.08. The lowest BCUT2D eigenvalue weighted by Gasteiger charge is -2.30. The summed E-state index contributed by atoms with van der Waals surface area (Å²) in [5, 5.41) is 8.40. The van der Waals surface area contributed by atoms with Crippen molar-refractivity contribution in [1.82, 2.24) is 15.6 Å². The number of nitrogens with one attached hydrogen (secondary N) is 3. The summed E-state index contributed by atoms with van der Waals surface area (Å²) >= 11 is 0. The van der Waals surface area contributed by atoms with Crippen molar-refractivity contribution in [3.8, 4) is 0 Å². The second kappa shape index (κ2) is 9.74. The fourth-order valence-corrected chi connectivity index (χ4v) is 3.50. The molecule has 1 aromatic heterocycles. The number of pyridine rings is 1. The molecule has 0 spiro atoms. The van der Waals surface area contributed by atoms with Gasteiger partial charge in [0, 0.05) is 12.6 Å². The molecule has 0 saturated carbocycles. The minimum absolute atomic E-state index is 0.129. The maximum atomic E-state index is 13.1. The number of rotatable bonds is 6. The van der Waals surface area contributed by atoms with E-state index in [4.69, 9.17) is 0 Å². The van der Waals surface area contributed by atoms with Crippen LogP contribution in [0.4, 0.5) is 16.2 Å². The van der Waals surface area contributed by atoms with Gasteiger partial charge in [-0.1, -0.05) is 48.5 Å². The van der Waals surface area contributed by atoms with Gasteiger partial charge in [-0.3, -0.25) is 19.5 Å². The Morgan fingerprint density at radius 1 is 1.00 bits per heavy atom. The van der Waals surface area contributed by atoms with Gasteiger partial charge in [0.15, 0.2) is 0 Å². The number of carbonyl (C=O) groups is 3. The van der Waals surface area contributed by atoms with E-state index in [0.29, 0.717) is 23.5 Å². The molecule has 1 unspecified atom stereocenters. The molecule has 4 rings (SSSR count). The largest absolute Gasteiger partial charge is 0.349 e. The standard InChI is InChI=1S/C24H23N5O3/c30-22-16-29(21-12-5-4-11-19(21)27-22)24(32)28-20(14-17-8-2-1-3-9-17)23(31)26-15-18-10-6-7-13-25-18/h1-13,20H,14-16H2,(H,26,31)(H,27,30)(H,28,32). The van der Waals surface area contributed by atoms with Gasteiger partial charge < -0.3 is 16.0 Å². The molecule has 4 amide bonds. The normalized spacial score (nSPS) is 13.5. The molecule has 8 nitrogen and oxygen atoms in total. The van der Waals surface area contributed by atoms with Crippen LogP contribution in [-0.4, -0.2) is 35.4 Å². The van der Waals surface area contributed by atoms with E-state index in [0.717, 1.165) is 5.56 Å². The van der Waals surface area contributed by atoms with Gasteiger partial charge in [0.2, 0.25) is 11.8 Å². The topological polar surface area (TPSA) is 103 Å². The van der Waals surface area contributed by atoms with E-state index in [1.54, 1.807) is 36.5 Å². The highest BCUT2D eigenvalue weighted by molar-refractivity contribution is 6.10. The van der Waals surface area contributed by atoms with E-state index in [9.17, 15) is 14.4 Å². The monoisotopic (exact) mass is 429 g/mol. The van der Waals surface area contributed by atoms with E-state index in [1.165, 1.54) is 4.90 Å². The molecule has 1 aliphatic heterocycles. The fourth-order valence-electron chi connectivity index (χ4n) is 3.50. The number of fused-ring (bicyclic) bond motifs is 1. The molecule has 0 aliphatic carbocycles. The molecular weight excluding hydrogens is 406 g/mol. The van der Waals surface area contributed by atoms with E-state index in [2.05, 4.69) is 20.9 Å². The smallest absolute Gasteiger partial charge is 0.323 e. The number of urea groups is 1. The molecule has 1 atom stereocenters. The van der Waals surface area contributed by atoms with Gasteiger partial charge in [-0.25, -0.2) is 4.79 Å². The number of aromatic nitrogens is 1. The lowest BCUT2D eigenvalue weighted by Crippen LogP contribution is -2.54. The number of anilines is 2. The number of benzene rings is 2. The highest BCUT2D eigenvalue weighted by Gasteiger charge is 2.30. The van der Waals surface area contributed by atoms with Gasteiger partial charge >= 0.3 is 6.03 Å². The molecular formula is C24H23N5O3. The molecule has 0 bridgehead atoms. The number of hydrogen-bond acceptors (Lipinski definition) is 4. The number of hydrogen-bond donors (Lipinski definition) is 3. The molecule has 0 saturated heterocycles. The van der Waals surface area contributed by atoms with Crippen molar-refractivity contribution in [1.29, 1.82) is 0 Å². The molecule has 3 N–H and O–H groups in total.